The topological polar surface area (TPSA) is 59.5 Å². The van der Waals surface area contributed by atoms with E-state index in [9.17, 15) is 0 Å². The van der Waals surface area contributed by atoms with Gasteiger partial charge in [-0.2, -0.15) is 5.10 Å². The van der Waals surface area contributed by atoms with Crippen LogP contribution < -0.4 is 10.6 Å². The third kappa shape index (κ3) is 1.62. The van der Waals surface area contributed by atoms with Gasteiger partial charge in [0, 0.05) is 18.8 Å². The van der Waals surface area contributed by atoms with Crippen LogP contribution in [0.15, 0.2) is 18.5 Å². The lowest BCUT2D eigenvalue weighted by molar-refractivity contribution is 0.640. The van der Waals surface area contributed by atoms with Gasteiger partial charge in [-0.3, -0.25) is 0 Å². The molecule has 5 heteroatoms. The van der Waals surface area contributed by atoms with Crippen LogP contribution in [-0.4, -0.2) is 27.2 Å². The van der Waals surface area contributed by atoms with Crippen LogP contribution in [0, 0.1) is 0 Å². The van der Waals surface area contributed by atoms with Crippen LogP contribution in [0.4, 0.5) is 11.5 Å². The molecule has 2 aromatic rings. The van der Waals surface area contributed by atoms with E-state index in [1.165, 1.54) is 19.3 Å². The van der Waals surface area contributed by atoms with Gasteiger partial charge >= 0.3 is 0 Å². The molecule has 0 spiro atoms. The first-order valence-corrected chi connectivity index (χ1v) is 6.16. The summed E-state index contributed by atoms with van der Waals surface area (Å²) < 4.78 is 1.72. The van der Waals surface area contributed by atoms with Gasteiger partial charge in [0.25, 0.3) is 0 Å². The SMILES string of the molecule is CCC1CCCN1c1ccn2ncc(N)c2n1. The maximum atomic E-state index is 5.85. The number of nitrogens with two attached hydrogens (primary N) is 1. The van der Waals surface area contributed by atoms with Crippen molar-refractivity contribution >= 4 is 17.2 Å². The number of hydrogen-bond acceptors (Lipinski definition) is 4. The molecule has 3 rings (SSSR count). The van der Waals surface area contributed by atoms with Gasteiger partial charge in [-0.05, 0) is 25.3 Å². The quantitative estimate of drug-likeness (QED) is 0.854. The van der Waals surface area contributed by atoms with E-state index in [1.807, 2.05) is 12.3 Å². The zero-order chi connectivity index (χ0) is 11.8. The first kappa shape index (κ1) is 10.4. The molecule has 0 radical (unpaired) electrons. The van der Waals surface area contributed by atoms with Crippen molar-refractivity contribution in [3.63, 3.8) is 0 Å². The molecule has 1 unspecified atom stereocenters. The average molecular weight is 231 g/mol. The molecule has 90 valence electrons. The summed E-state index contributed by atoms with van der Waals surface area (Å²) in [6.07, 6.45) is 7.26. The van der Waals surface area contributed by atoms with Gasteiger partial charge in [-0.25, -0.2) is 9.50 Å². The van der Waals surface area contributed by atoms with Crippen LogP contribution in [0.25, 0.3) is 5.65 Å². The molecule has 1 atom stereocenters. The fraction of sp³-hybridized carbons (Fsp3) is 0.500. The largest absolute Gasteiger partial charge is 0.394 e. The van der Waals surface area contributed by atoms with E-state index in [0.29, 0.717) is 11.7 Å². The highest BCUT2D eigenvalue weighted by Crippen LogP contribution is 2.26. The molecule has 2 aromatic heterocycles. The van der Waals surface area contributed by atoms with Gasteiger partial charge in [-0.1, -0.05) is 6.92 Å². The fourth-order valence-electron chi connectivity index (χ4n) is 2.60. The Morgan fingerprint density at radius 3 is 3.24 bits per heavy atom. The highest BCUT2D eigenvalue weighted by molar-refractivity contribution is 5.65. The molecular weight excluding hydrogens is 214 g/mol. The molecule has 17 heavy (non-hydrogen) atoms. The van der Waals surface area contributed by atoms with Crippen LogP contribution in [-0.2, 0) is 0 Å². The Morgan fingerprint density at radius 1 is 1.53 bits per heavy atom. The molecule has 1 fully saturated rings. The summed E-state index contributed by atoms with van der Waals surface area (Å²) in [5.74, 6) is 1.02. The van der Waals surface area contributed by atoms with E-state index in [-0.39, 0.29) is 0 Å². The summed E-state index contributed by atoms with van der Waals surface area (Å²) in [5, 5.41) is 4.14. The van der Waals surface area contributed by atoms with Gasteiger partial charge < -0.3 is 10.6 Å². The van der Waals surface area contributed by atoms with Gasteiger partial charge in [0.2, 0.25) is 0 Å². The minimum absolute atomic E-state index is 0.620. The maximum absolute atomic E-state index is 5.85. The zero-order valence-electron chi connectivity index (χ0n) is 10.0. The number of fused-ring (bicyclic) bond motifs is 1. The first-order chi connectivity index (χ1) is 8.29. The van der Waals surface area contributed by atoms with Crippen molar-refractivity contribution in [2.75, 3.05) is 17.2 Å². The molecule has 1 aliphatic heterocycles. The van der Waals surface area contributed by atoms with E-state index in [2.05, 4.69) is 21.9 Å². The Kier molecular flexibility index (Phi) is 2.39. The van der Waals surface area contributed by atoms with Crippen LogP contribution in [0.3, 0.4) is 0 Å². The van der Waals surface area contributed by atoms with Crippen LogP contribution in [0.5, 0.6) is 0 Å². The lowest BCUT2D eigenvalue weighted by atomic mass is 10.2. The molecule has 0 aliphatic carbocycles. The molecule has 0 amide bonds. The number of nitrogens with zero attached hydrogens (tertiary/aromatic N) is 4. The summed E-state index contributed by atoms with van der Waals surface area (Å²) in [6.45, 7) is 3.32. The van der Waals surface area contributed by atoms with Crippen LogP contribution >= 0.6 is 0 Å². The van der Waals surface area contributed by atoms with Crippen molar-refractivity contribution in [3.05, 3.63) is 18.5 Å². The predicted molar refractivity (Wildman–Crippen MR) is 68.1 cm³/mol. The number of rotatable bonds is 2. The van der Waals surface area contributed by atoms with Crippen molar-refractivity contribution in [1.82, 2.24) is 14.6 Å². The molecule has 5 nitrogen and oxygen atoms in total. The number of hydrogen-bond donors (Lipinski definition) is 1. The second kappa shape index (κ2) is 3.91. The van der Waals surface area contributed by atoms with Crippen molar-refractivity contribution in [2.24, 2.45) is 0 Å². The Bertz CT molecular complexity index is 533. The molecule has 2 N–H and O–H groups in total. The molecule has 0 bridgehead atoms. The summed E-state index contributed by atoms with van der Waals surface area (Å²) in [5.41, 5.74) is 7.24. The number of anilines is 2. The molecule has 1 saturated heterocycles. The van der Waals surface area contributed by atoms with Gasteiger partial charge in [0.1, 0.15) is 5.82 Å². The number of nitrogen functional groups attached to an aromatic ring is 1. The Morgan fingerprint density at radius 2 is 2.41 bits per heavy atom. The summed E-state index contributed by atoms with van der Waals surface area (Å²) in [7, 11) is 0. The summed E-state index contributed by atoms with van der Waals surface area (Å²) >= 11 is 0. The third-order valence-corrected chi connectivity index (χ3v) is 3.52. The zero-order valence-corrected chi connectivity index (χ0v) is 10.0. The third-order valence-electron chi connectivity index (χ3n) is 3.52. The van der Waals surface area contributed by atoms with E-state index in [0.717, 1.165) is 18.0 Å². The van der Waals surface area contributed by atoms with Gasteiger partial charge in [0.15, 0.2) is 5.65 Å². The van der Waals surface area contributed by atoms with Crippen molar-refractivity contribution in [1.29, 1.82) is 0 Å². The van der Waals surface area contributed by atoms with Gasteiger partial charge in [0.05, 0.1) is 11.9 Å². The normalized spacial score (nSPS) is 20.3. The Hall–Kier alpha value is -1.78. The Labute approximate surface area is 100 Å². The van der Waals surface area contributed by atoms with E-state index >= 15 is 0 Å². The monoisotopic (exact) mass is 231 g/mol. The van der Waals surface area contributed by atoms with E-state index in [1.54, 1.807) is 10.7 Å². The molecular formula is C12H17N5. The highest BCUT2D eigenvalue weighted by Gasteiger charge is 2.24. The number of aromatic nitrogens is 3. The minimum Gasteiger partial charge on any atom is -0.394 e. The smallest absolute Gasteiger partial charge is 0.180 e. The first-order valence-electron chi connectivity index (χ1n) is 6.16. The van der Waals surface area contributed by atoms with E-state index < -0.39 is 0 Å². The van der Waals surface area contributed by atoms with Crippen molar-refractivity contribution in [3.8, 4) is 0 Å². The second-order valence-corrected chi connectivity index (χ2v) is 4.55. The molecule has 0 saturated carbocycles. The maximum Gasteiger partial charge on any atom is 0.180 e. The average Bonchev–Trinajstić information content (AvgIpc) is 2.96. The molecule has 0 aromatic carbocycles. The predicted octanol–water partition coefficient (Wildman–Crippen LogP) is 1.69. The lowest BCUT2D eigenvalue weighted by Crippen LogP contribution is -2.29. The van der Waals surface area contributed by atoms with E-state index in [4.69, 9.17) is 5.73 Å². The Balaban J connectivity index is 2.02. The van der Waals surface area contributed by atoms with Crippen LogP contribution in [0.1, 0.15) is 26.2 Å². The molecule has 3 heterocycles. The van der Waals surface area contributed by atoms with Crippen LogP contribution in [0.2, 0.25) is 0 Å². The van der Waals surface area contributed by atoms with Gasteiger partial charge in [-0.15, -0.1) is 0 Å². The van der Waals surface area contributed by atoms with Crippen molar-refractivity contribution < 1.29 is 0 Å². The summed E-state index contributed by atoms with van der Waals surface area (Å²) in [4.78, 5) is 7.00. The second-order valence-electron chi connectivity index (χ2n) is 4.55. The fourth-order valence-corrected chi connectivity index (χ4v) is 2.60. The highest BCUT2D eigenvalue weighted by atomic mass is 15.3. The standard InChI is InChI=1S/C12H17N5/c1-2-9-4-3-6-16(9)11-5-7-17-12(15-11)10(13)8-14-17/h5,7-9H,2-4,6,13H2,1H3. The lowest BCUT2D eigenvalue weighted by Gasteiger charge is -2.24. The molecule has 1 aliphatic rings. The minimum atomic E-state index is 0.620. The van der Waals surface area contributed by atoms with Crippen molar-refractivity contribution in [2.45, 2.75) is 32.2 Å². The summed E-state index contributed by atoms with van der Waals surface area (Å²) in [6, 6.07) is 2.64.